The number of hydrogen-bond acceptors (Lipinski definition) is 5. The van der Waals surface area contributed by atoms with Gasteiger partial charge in [-0.2, -0.15) is 0 Å². The number of benzene rings is 2. The number of nitrogens with one attached hydrogen (secondary N) is 1. The van der Waals surface area contributed by atoms with Crippen LogP contribution in [0, 0.1) is 6.92 Å². The predicted octanol–water partition coefficient (Wildman–Crippen LogP) is 5.70. The summed E-state index contributed by atoms with van der Waals surface area (Å²) >= 11 is 0. The van der Waals surface area contributed by atoms with Crippen LogP contribution in [0.2, 0.25) is 0 Å². The topological polar surface area (TPSA) is 69.9 Å². The molecule has 3 aromatic rings. The first-order valence-electron chi connectivity index (χ1n) is 11.4. The molecule has 0 saturated heterocycles. The van der Waals surface area contributed by atoms with Gasteiger partial charge in [-0.05, 0) is 76.9 Å². The number of amides is 1. The summed E-state index contributed by atoms with van der Waals surface area (Å²) in [5.41, 5.74) is 3.14. The van der Waals surface area contributed by atoms with Gasteiger partial charge in [0.25, 0.3) is 5.91 Å². The van der Waals surface area contributed by atoms with Crippen molar-refractivity contribution in [2.75, 3.05) is 19.8 Å². The minimum Gasteiger partial charge on any atom is -0.490 e. The summed E-state index contributed by atoms with van der Waals surface area (Å²) in [6.45, 7) is 11.4. The summed E-state index contributed by atoms with van der Waals surface area (Å²) in [4.78, 5) is 12.9. The standard InChI is InChI=1S/C27H31NO5/c1-6-30-21-9-8-18(16-23(21)31-7-2)13-15-28-26(29)25-17(3)24-19-12-14-27(4,5)33-20(19)10-11-22(24)32-25/h8-12,14,16H,6-7,13,15H2,1-5H3,(H,28,29). The number of carbonyl (C=O) groups is 1. The number of fused-ring (bicyclic) bond motifs is 3. The summed E-state index contributed by atoms with van der Waals surface area (Å²) in [5, 5.41) is 3.89. The third-order valence-electron chi connectivity index (χ3n) is 5.63. The van der Waals surface area contributed by atoms with Crippen molar-refractivity contribution in [1.82, 2.24) is 5.32 Å². The zero-order valence-corrected chi connectivity index (χ0v) is 19.9. The second kappa shape index (κ2) is 9.22. The second-order valence-electron chi connectivity index (χ2n) is 8.60. The van der Waals surface area contributed by atoms with Crippen molar-refractivity contribution >= 4 is 23.0 Å². The summed E-state index contributed by atoms with van der Waals surface area (Å²) < 4.78 is 23.3. The van der Waals surface area contributed by atoms with Crippen molar-refractivity contribution in [2.24, 2.45) is 0 Å². The smallest absolute Gasteiger partial charge is 0.287 e. The Morgan fingerprint density at radius 2 is 1.82 bits per heavy atom. The molecule has 0 unspecified atom stereocenters. The SMILES string of the molecule is CCOc1ccc(CCNC(=O)c2oc3ccc4c(c3c2C)C=CC(C)(C)O4)cc1OCC. The zero-order valence-electron chi connectivity index (χ0n) is 19.9. The van der Waals surface area contributed by atoms with Crippen LogP contribution in [0.3, 0.4) is 0 Å². The second-order valence-corrected chi connectivity index (χ2v) is 8.60. The number of aryl methyl sites for hydroxylation is 1. The summed E-state index contributed by atoms with van der Waals surface area (Å²) in [6, 6.07) is 9.63. The lowest BCUT2D eigenvalue weighted by atomic mass is 9.98. The normalized spacial score (nSPS) is 14.0. The van der Waals surface area contributed by atoms with E-state index in [0.29, 0.717) is 37.5 Å². The molecule has 6 nitrogen and oxygen atoms in total. The largest absolute Gasteiger partial charge is 0.490 e. The Bertz CT molecular complexity index is 1200. The molecule has 0 saturated carbocycles. The fraction of sp³-hybridized carbons (Fsp3) is 0.370. The fourth-order valence-electron chi connectivity index (χ4n) is 4.08. The van der Waals surface area contributed by atoms with Crippen LogP contribution in [0.5, 0.6) is 17.2 Å². The van der Waals surface area contributed by atoms with Gasteiger partial charge < -0.3 is 23.9 Å². The highest BCUT2D eigenvalue weighted by atomic mass is 16.5. The lowest BCUT2D eigenvalue weighted by Gasteiger charge is -2.28. The molecule has 0 atom stereocenters. The minimum absolute atomic E-state index is 0.227. The van der Waals surface area contributed by atoms with E-state index in [0.717, 1.165) is 39.3 Å². The van der Waals surface area contributed by atoms with Gasteiger partial charge in [0.2, 0.25) is 0 Å². The molecule has 174 valence electrons. The van der Waals surface area contributed by atoms with Crippen molar-refractivity contribution in [1.29, 1.82) is 0 Å². The van der Waals surface area contributed by atoms with Crippen LogP contribution in [-0.4, -0.2) is 31.3 Å². The molecule has 0 spiro atoms. The highest BCUT2D eigenvalue weighted by Crippen LogP contribution is 2.39. The van der Waals surface area contributed by atoms with E-state index in [9.17, 15) is 4.79 Å². The van der Waals surface area contributed by atoms with Gasteiger partial charge in [-0.25, -0.2) is 0 Å². The van der Waals surface area contributed by atoms with Gasteiger partial charge in [-0.3, -0.25) is 4.79 Å². The monoisotopic (exact) mass is 449 g/mol. The van der Waals surface area contributed by atoms with Crippen molar-refractivity contribution in [3.8, 4) is 17.2 Å². The molecular weight excluding hydrogens is 418 g/mol. The molecule has 6 heteroatoms. The molecule has 33 heavy (non-hydrogen) atoms. The van der Waals surface area contributed by atoms with E-state index in [1.54, 1.807) is 0 Å². The summed E-state index contributed by atoms with van der Waals surface area (Å²) in [5.74, 6) is 2.36. The molecule has 4 rings (SSSR count). The number of carbonyl (C=O) groups excluding carboxylic acids is 1. The first-order valence-corrected chi connectivity index (χ1v) is 11.4. The van der Waals surface area contributed by atoms with Gasteiger partial charge in [-0.15, -0.1) is 0 Å². The zero-order chi connectivity index (χ0) is 23.6. The van der Waals surface area contributed by atoms with E-state index in [4.69, 9.17) is 18.6 Å². The van der Waals surface area contributed by atoms with Crippen LogP contribution in [0.25, 0.3) is 17.0 Å². The minimum atomic E-state index is -0.360. The van der Waals surface area contributed by atoms with Crippen LogP contribution in [0.15, 0.2) is 40.8 Å². The number of hydrogen-bond donors (Lipinski definition) is 1. The Kier molecular flexibility index (Phi) is 6.36. The maximum Gasteiger partial charge on any atom is 0.287 e. The van der Waals surface area contributed by atoms with Gasteiger partial charge in [0.1, 0.15) is 16.9 Å². The highest BCUT2D eigenvalue weighted by molar-refractivity contribution is 6.02. The van der Waals surface area contributed by atoms with Crippen LogP contribution >= 0.6 is 0 Å². The third-order valence-corrected chi connectivity index (χ3v) is 5.63. The average Bonchev–Trinajstić information content (AvgIpc) is 3.12. The van der Waals surface area contributed by atoms with Crippen LogP contribution in [-0.2, 0) is 6.42 Å². The van der Waals surface area contributed by atoms with E-state index in [2.05, 4.69) is 5.32 Å². The Morgan fingerprint density at radius 1 is 1.06 bits per heavy atom. The maximum absolute atomic E-state index is 12.9. The molecule has 1 aliphatic heterocycles. The molecular formula is C27H31NO5. The molecule has 1 aromatic heterocycles. The predicted molar refractivity (Wildman–Crippen MR) is 130 cm³/mol. The number of furan rings is 1. The van der Waals surface area contributed by atoms with Crippen molar-refractivity contribution < 1.29 is 23.4 Å². The van der Waals surface area contributed by atoms with Crippen molar-refractivity contribution in [2.45, 2.75) is 46.6 Å². The van der Waals surface area contributed by atoms with Crippen molar-refractivity contribution in [3.05, 3.63) is 58.9 Å². The van der Waals surface area contributed by atoms with E-state index in [1.165, 1.54) is 0 Å². The Labute approximate surface area is 194 Å². The Balaban J connectivity index is 1.48. The average molecular weight is 450 g/mol. The van der Waals surface area contributed by atoms with Gasteiger partial charge in [0, 0.05) is 23.1 Å². The van der Waals surface area contributed by atoms with E-state index in [1.807, 2.05) is 77.1 Å². The van der Waals surface area contributed by atoms with Crippen molar-refractivity contribution in [3.63, 3.8) is 0 Å². The lowest BCUT2D eigenvalue weighted by molar-refractivity contribution is 0.0927. The lowest BCUT2D eigenvalue weighted by Crippen LogP contribution is -2.27. The van der Waals surface area contributed by atoms with Gasteiger partial charge in [0.15, 0.2) is 17.3 Å². The molecule has 2 heterocycles. The first kappa shape index (κ1) is 22.8. The molecule has 0 radical (unpaired) electrons. The molecule has 0 fully saturated rings. The van der Waals surface area contributed by atoms with Gasteiger partial charge in [-0.1, -0.05) is 12.1 Å². The number of rotatable bonds is 8. The van der Waals surface area contributed by atoms with E-state index >= 15 is 0 Å². The fourth-order valence-corrected chi connectivity index (χ4v) is 4.08. The summed E-state index contributed by atoms with van der Waals surface area (Å²) in [6.07, 6.45) is 4.74. The maximum atomic E-state index is 12.9. The quantitative estimate of drug-likeness (QED) is 0.478. The Hall–Kier alpha value is -3.41. The van der Waals surface area contributed by atoms with Crippen LogP contribution in [0.1, 0.15) is 54.9 Å². The van der Waals surface area contributed by atoms with Gasteiger partial charge in [0.05, 0.1) is 13.2 Å². The molecule has 1 amide bonds. The summed E-state index contributed by atoms with van der Waals surface area (Å²) in [7, 11) is 0. The highest BCUT2D eigenvalue weighted by Gasteiger charge is 2.26. The molecule has 0 aliphatic carbocycles. The molecule has 1 aliphatic rings. The van der Waals surface area contributed by atoms with E-state index in [-0.39, 0.29) is 11.5 Å². The Morgan fingerprint density at radius 3 is 2.58 bits per heavy atom. The van der Waals surface area contributed by atoms with E-state index < -0.39 is 0 Å². The van der Waals surface area contributed by atoms with Crippen LogP contribution in [0.4, 0.5) is 0 Å². The van der Waals surface area contributed by atoms with Gasteiger partial charge >= 0.3 is 0 Å². The first-order chi connectivity index (χ1) is 15.8. The number of ether oxygens (including phenoxy) is 3. The third kappa shape index (κ3) is 4.70. The molecule has 0 bridgehead atoms. The molecule has 2 aromatic carbocycles. The van der Waals surface area contributed by atoms with Crippen LogP contribution < -0.4 is 19.5 Å². The molecule has 1 N–H and O–H groups in total.